The van der Waals surface area contributed by atoms with Crippen molar-refractivity contribution in [3.8, 4) is 56.2 Å². The van der Waals surface area contributed by atoms with E-state index in [0.29, 0.717) is 5.82 Å². The first-order valence-corrected chi connectivity index (χ1v) is 15.8. The van der Waals surface area contributed by atoms with Crippen LogP contribution in [0.5, 0.6) is 0 Å². The summed E-state index contributed by atoms with van der Waals surface area (Å²) < 4.78 is 6.43. The van der Waals surface area contributed by atoms with Gasteiger partial charge in [0.05, 0.1) is 17.0 Å². The minimum atomic E-state index is 0.629. The Morgan fingerprint density at radius 3 is 1.81 bits per heavy atom. The fourth-order valence-electron chi connectivity index (χ4n) is 6.57. The van der Waals surface area contributed by atoms with Crippen LogP contribution in [-0.4, -0.2) is 9.97 Å². The molecule has 0 atom stereocenters. The summed E-state index contributed by atoms with van der Waals surface area (Å²) in [7, 11) is 0. The van der Waals surface area contributed by atoms with E-state index in [1.165, 1.54) is 27.5 Å². The van der Waals surface area contributed by atoms with E-state index in [9.17, 15) is 0 Å². The number of rotatable bonds is 5. The Morgan fingerprint density at radius 1 is 0.362 bits per heavy atom. The number of aromatic nitrogens is 2. The Balaban J connectivity index is 1.23. The van der Waals surface area contributed by atoms with E-state index in [4.69, 9.17) is 14.4 Å². The molecule has 0 radical (unpaired) electrons. The standard InChI is InChI=1S/C44H28N2O/c1-2-11-29(12-3-1)30-23-25-32(26-24-30)40-28-41(34-16-8-15-33(27-34)36-19-9-14-31-13-4-5-17-35(31)36)46-44(45-40)39-21-10-20-38-37-18-6-7-22-42(37)47-43(38)39/h1-28H. The third-order valence-corrected chi connectivity index (χ3v) is 8.92. The van der Waals surface area contributed by atoms with Gasteiger partial charge in [-0.15, -0.1) is 0 Å². The summed E-state index contributed by atoms with van der Waals surface area (Å²) in [5.74, 6) is 0.629. The second-order valence-corrected chi connectivity index (χ2v) is 11.8. The molecule has 0 spiro atoms. The van der Waals surface area contributed by atoms with Crippen molar-refractivity contribution < 1.29 is 4.42 Å². The number of hydrogen-bond donors (Lipinski definition) is 0. The van der Waals surface area contributed by atoms with Crippen LogP contribution in [0.25, 0.3) is 88.9 Å². The number of hydrogen-bond acceptors (Lipinski definition) is 3. The lowest BCUT2D eigenvalue weighted by Crippen LogP contribution is -1.96. The van der Waals surface area contributed by atoms with Gasteiger partial charge in [0.1, 0.15) is 11.2 Å². The van der Waals surface area contributed by atoms with E-state index in [1.54, 1.807) is 0 Å². The highest BCUT2D eigenvalue weighted by Gasteiger charge is 2.17. The topological polar surface area (TPSA) is 38.9 Å². The van der Waals surface area contributed by atoms with Crippen molar-refractivity contribution in [1.82, 2.24) is 9.97 Å². The molecule has 0 N–H and O–H groups in total. The number of furan rings is 1. The maximum absolute atomic E-state index is 6.43. The van der Waals surface area contributed by atoms with Gasteiger partial charge in [-0.3, -0.25) is 0 Å². The Kier molecular flexibility index (Phi) is 6.46. The van der Waals surface area contributed by atoms with E-state index in [-0.39, 0.29) is 0 Å². The van der Waals surface area contributed by atoms with Gasteiger partial charge in [0.2, 0.25) is 0 Å². The van der Waals surface area contributed by atoms with Crippen LogP contribution in [0.3, 0.4) is 0 Å². The highest BCUT2D eigenvalue weighted by Crippen LogP contribution is 2.37. The van der Waals surface area contributed by atoms with Crippen molar-refractivity contribution in [2.75, 3.05) is 0 Å². The van der Waals surface area contributed by atoms with E-state index in [1.807, 2.05) is 24.3 Å². The van der Waals surface area contributed by atoms with Gasteiger partial charge in [-0.1, -0.05) is 146 Å². The van der Waals surface area contributed by atoms with Crippen molar-refractivity contribution in [2.45, 2.75) is 0 Å². The van der Waals surface area contributed by atoms with E-state index < -0.39 is 0 Å². The van der Waals surface area contributed by atoms with E-state index >= 15 is 0 Å². The molecule has 2 aromatic heterocycles. The molecule has 220 valence electrons. The summed E-state index contributed by atoms with van der Waals surface area (Å²) in [6, 6.07) is 59.2. The molecule has 0 bridgehead atoms. The van der Waals surface area contributed by atoms with E-state index in [0.717, 1.165) is 55.6 Å². The quantitative estimate of drug-likeness (QED) is 0.197. The van der Waals surface area contributed by atoms with Gasteiger partial charge >= 0.3 is 0 Å². The SMILES string of the molecule is c1ccc(-c2ccc(-c3cc(-c4cccc(-c5cccc6ccccc56)c4)nc(-c4cccc5c4oc4ccccc45)n3)cc2)cc1. The zero-order valence-corrected chi connectivity index (χ0v) is 25.5. The maximum atomic E-state index is 6.43. The Morgan fingerprint density at radius 2 is 0.936 bits per heavy atom. The molecule has 3 heteroatoms. The average molecular weight is 601 g/mol. The minimum absolute atomic E-state index is 0.629. The fraction of sp³-hybridized carbons (Fsp3) is 0. The molecule has 9 rings (SSSR count). The molecule has 3 nitrogen and oxygen atoms in total. The van der Waals surface area contributed by atoms with Gasteiger partial charge in [-0.25, -0.2) is 9.97 Å². The van der Waals surface area contributed by atoms with Crippen LogP contribution in [-0.2, 0) is 0 Å². The smallest absolute Gasteiger partial charge is 0.164 e. The van der Waals surface area contributed by atoms with Gasteiger partial charge in [-0.05, 0) is 57.3 Å². The second-order valence-electron chi connectivity index (χ2n) is 11.8. The van der Waals surface area contributed by atoms with Gasteiger partial charge < -0.3 is 4.42 Å². The molecule has 0 saturated carbocycles. The first-order chi connectivity index (χ1) is 23.3. The summed E-state index contributed by atoms with van der Waals surface area (Å²) in [6.45, 7) is 0. The molecule has 0 unspecified atom stereocenters. The second kappa shape index (κ2) is 11.2. The number of benzene rings is 7. The minimum Gasteiger partial charge on any atom is -0.455 e. The van der Waals surface area contributed by atoms with Crippen LogP contribution in [0.4, 0.5) is 0 Å². The predicted octanol–water partition coefficient (Wildman–Crippen LogP) is 11.9. The monoisotopic (exact) mass is 600 g/mol. The van der Waals surface area contributed by atoms with Crippen molar-refractivity contribution in [2.24, 2.45) is 0 Å². The lowest BCUT2D eigenvalue weighted by molar-refractivity contribution is 0.669. The number of nitrogens with zero attached hydrogens (tertiary/aromatic N) is 2. The maximum Gasteiger partial charge on any atom is 0.164 e. The molecule has 47 heavy (non-hydrogen) atoms. The Hall–Kier alpha value is -6.32. The fourth-order valence-corrected chi connectivity index (χ4v) is 6.57. The molecule has 9 aromatic rings. The lowest BCUT2D eigenvalue weighted by Gasteiger charge is -2.12. The van der Waals surface area contributed by atoms with Gasteiger partial charge in [0.25, 0.3) is 0 Å². The number of para-hydroxylation sites is 2. The van der Waals surface area contributed by atoms with E-state index in [2.05, 4.69) is 146 Å². The van der Waals surface area contributed by atoms with Crippen molar-refractivity contribution in [1.29, 1.82) is 0 Å². The number of fused-ring (bicyclic) bond motifs is 4. The molecule has 2 heterocycles. The van der Waals surface area contributed by atoms with Crippen LogP contribution >= 0.6 is 0 Å². The normalized spacial score (nSPS) is 11.4. The molecular formula is C44H28N2O. The molecule has 0 amide bonds. The summed E-state index contributed by atoms with van der Waals surface area (Å²) in [4.78, 5) is 10.4. The van der Waals surface area contributed by atoms with Crippen LogP contribution in [0, 0.1) is 0 Å². The molecule has 0 aliphatic carbocycles. The van der Waals surface area contributed by atoms with Crippen molar-refractivity contribution in [3.63, 3.8) is 0 Å². The van der Waals surface area contributed by atoms with Crippen LogP contribution < -0.4 is 0 Å². The largest absolute Gasteiger partial charge is 0.455 e. The Bertz CT molecular complexity index is 2560. The summed E-state index contributed by atoms with van der Waals surface area (Å²) in [6.07, 6.45) is 0. The third kappa shape index (κ3) is 4.86. The first kappa shape index (κ1) is 27.0. The molecular weight excluding hydrogens is 572 g/mol. The van der Waals surface area contributed by atoms with Gasteiger partial charge in [-0.2, -0.15) is 0 Å². The van der Waals surface area contributed by atoms with Crippen LogP contribution in [0.1, 0.15) is 0 Å². The molecule has 0 saturated heterocycles. The highest BCUT2D eigenvalue weighted by atomic mass is 16.3. The summed E-state index contributed by atoms with van der Waals surface area (Å²) in [5.41, 5.74) is 11.0. The lowest BCUT2D eigenvalue weighted by atomic mass is 9.96. The Labute approximate surface area is 272 Å². The molecule has 0 aliphatic rings. The van der Waals surface area contributed by atoms with Gasteiger partial charge in [0.15, 0.2) is 5.82 Å². The molecule has 0 aliphatic heterocycles. The van der Waals surface area contributed by atoms with Crippen LogP contribution in [0.15, 0.2) is 174 Å². The van der Waals surface area contributed by atoms with Crippen molar-refractivity contribution in [3.05, 3.63) is 170 Å². The zero-order chi connectivity index (χ0) is 31.2. The van der Waals surface area contributed by atoms with Gasteiger partial charge in [0, 0.05) is 21.9 Å². The zero-order valence-electron chi connectivity index (χ0n) is 25.5. The average Bonchev–Trinajstić information content (AvgIpc) is 3.54. The summed E-state index contributed by atoms with van der Waals surface area (Å²) >= 11 is 0. The van der Waals surface area contributed by atoms with Crippen molar-refractivity contribution >= 4 is 32.7 Å². The third-order valence-electron chi connectivity index (χ3n) is 8.92. The first-order valence-electron chi connectivity index (χ1n) is 15.8. The molecule has 7 aromatic carbocycles. The highest BCUT2D eigenvalue weighted by molar-refractivity contribution is 6.09. The predicted molar refractivity (Wildman–Crippen MR) is 194 cm³/mol. The summed E-state index contributed by atoms with van der Waals surface area (Å²) in [5, 5.41) is 4.59. The molecule has 0 fully saturated rings. The van der Waals surface area contributed by atoms with Crippen LogP contribution in [0.2, 0.25) is 0 Å².